The fourth-order valence-electron chi connectivity index (χ4n) is 2.20. The van der Waals surface area contributed by atoms with Crippen molar-refractivity contribution in [1.29, 1.82) is 0 Å². The lowest BCUT2D eigenvalue weighted by molar-refractivity contribution is -0.140. The SMILES string of the molecule is CCOc1ccc(/C=C2\SC(=S)N(CCC(=O)OC)C2=O)cc1OC. The number of hydrogen-bond acceptors (Lipinski definition) is 7. The Morgan fingerprint density at radius 2 is 2.08 bits per heavy atom. The first-order chi connectivity index (χ1) is 12.0. The van der Waals surface area contributed by atoms with Gasteiger partial charge in [-0.05, 0) is 30.7 Å². The summed E-state index contributed by atoms with van der Waals surface area (Å²) in [6.45, 7) is 2.64. The monoisotopic (exact) mass is 381 g/mol. The lowest BCUT2D eigenvalue weighted by atomic mass is 10.2. The van der Waals surface area contributed by atoms with Gasteiger partial charge in [-0.3, -0.25) is 14.5 Å². The van der Waals surface area contributed by atoms with Crippen LogP contribution in [0.2, 0.25) is 0 Å². The molecule has 0 aliphatic carbocycles. The van der Waals surface area contributed by atoms with E-state index in [1.807, 2.05) is 13.0 Å². The summed E-state index contributed by atoms with van der Waals surface area (Å²) in [5.41, 5.74) is 0.800. The summed E-state index contributed by atoms with van der Waals surface area (Å²) in [4.78, 5) is 25.7. The molecule has 0 N–H and O–H groups in total. The molecule has 1 aromatic carbocycles. The molecule has 1 amide bonds. The van der Waals surface area contributed by atoms with Crippen molar-refractivity contribution in [2.45, 2.75) is 13.3 Å². The third kappa shape index (κ3) is 4.73. The molecule has 1 aliphatic heterocycles. The topological polar surface area (TPSA) is 65.1 Å². The van der Waals surface area contributed by atoms with Gasteiger partial charge in [-0.2, -0.15) is 0 Å². The van der Waals surface area contributed by atoms with E-state index in [0.717, 1.165) is 5.56 Å². The molecule has 0 saturated carbocycles. The van der Waals surface area contributed by atoms with Crippen LogP contribution in [0, 0.1) is 0 Å². The largest absolute Gasteiger partial charge is 0.493 e. The minimum absolute atomic E-state index is 0.104. The van der Waals surface area contributed by atoms with Gasteiger partial charge in [-0.25, -0.2) is 0 Å². The highest BCUT2D eigenvalue weighted by molar-refractivity contribution is 8.26. The fourth-order valence-corrected chi connectivity index (χ4v) is 3.51. The Labute approximate surface area is 156 Å². The molecule has 1 saturated heterocycles. The zero-order chi connectivity index (χ0) is 18.4. The van der Waals surface area contributed by atoms with E-state index in [-0.39, 0.29) is 24.8 Å². The van der Waals surface area contributed by atoms with Crippen molar-refractivity contribution in [3.05, 3.63) is 28.7 Å². The first kappa shape index (κ1) is 19.3. The molecule has 1 heterocycles. The van der Waals surface area contributed by atoms with Crippen LogP contribution in [0.1, 0.15) is 18.9 Å². The number of nitrogens with zero attached hydrogens (tertiary/aromatic N) is 1. The van der Waals surface area contributed by atoms with E-state index < -0.39 is 0 Å². The van der Waals surface area contributed by atoms with Crippen LogP contribution >= 0.6 is 24.0 Å². The van der Waals surface area contributed by atoms with Crippen molar-refractivity contribution >= 4 is 46.3 Å². The third-order valence-corrected chi connectivity index (χ3v) is 4.80. The number of carbonyl (C=O) groups is 2. The van der Waals surface area contributed by atoms with Crippen molar-refractivity contribution in [3.8, 4) is 11.5 Å². The molecule has 25 heavy (non-hydrogen) atoms. The summed E-state index contributed by atoms with van der Waals surface area (Å²) in [7, 11) is 2.87. The molecule has 2 rings (SSSR count). The van der Waals surface area contributed by atoms with E-state index in [0.29, 0.717) is 27.3 Å². The highest BCUT2D eigenvalue weighted by Gasteiger charge is 2.32. The first-order valence-electron chi connectivity index (χ1n) is 7.63. The van der Waals surface area contributed by atoms with Gasteiger partial charge < -0.3 is 14.2 Å². The quantitative estimate of drug-likeness (QED) is 0.409. The summed E-state index contributed by atoms with van der Waals surface area (Å²) in [5.74, 6) is 0.644. The molecule has 1 aromatic rings. The minimum atomic E-state index is -0.380. The molecule has 0 spiro atoms. The average molecular weight is 381 g/mol. The number of ether oxygens (including phenoxy) is 3. The highest BCUT2D eigenvalue weighted by atomic mass is 32.2. The normalized spacial score (nSPS) is 15.6. The average Bonchev–Trinajstić information content (AvgIpc) is 2.87. The molecule has 0 atom stereocenters. The maximum atomic E-state index is 12.5. The van der Waals surface area contributed by atoms with Crippen LogP contribution in [0.4, 0.5) is 0 Å². The Bertz CT molecular complexity index is 717. The number of benzene rings is 1. The molecular weight excluding hydrogens is 362 g/mol. The van der Waals surface area contributed by atoms with E-state index in [1.165, 1.54) is 23.8 Å². The van der Waals surface area contributed by atoms with Gasteiger partial charge in [0.25, 0.3) is 5.91 Å². The number of hydrogen-bond donors (Lipinski definition) is 0. The van der Waals surface area contributed by atoms with Crippen LogP contribution in [-0.4, -0.2) is 48.5 Å². The van der Waals surface area contributed by atoms with Gasteiger partial charge in [0.2, 0.25) is 0 Å². The Morgan fingerprint density at radius 1 is 1.32 bits per heavy atom. The van der Waals surface area contributed by atoms with Crippen molar-refractivity contribution in [1.82, 2.24) is 4.90 Å². The maximum Gasteiger partial charge on any atom is 0.307 e. The molecule has 0 bridgehead atoms. The smallest absolute Gasteiger partial charge is 0.307 e. The van der Waals surface area contributed by atoms with Crippen molar-refractivity contribution in [3.63, 3.8) is 0 Å². The molecule has 8 heteroatoms. The Kier molecular flexibility index (Phi) is 6.83. The molecule has 1 aliphatic rings. The van der Waals surface area contributed by atoms with Crippen molar-refractivity contribution < 1.29 is 23.8 Å². The van der Waals surface area contributed by atoms with E-state index in [1.54, 1.807) is 25.3 Å². The molecule has 0 aromatic heterocycles. The molecule has 0 unspecified atom stereocenters. The molecule has 6 nitrogen and oxygen atoms in total. The molecular formula is C17H19NO5S2. The summed E-state index contributed by atoms with van der Waals surface area (Å²) in [6.07, 6.45) is 1.85. The van der Waals surface area contributed by atoms with Crippen LogP contribution in [0.25, 0.3) is 6.08 Å². The lowest BCUT2D eigenvalue weighted by Crippen LogP contribution is -2.30. The molecule has 1 fully saturated rings. The number of rotatable bonds is 7. The standard InChI is InChI=1S/C17H19NO5S2/c1-4-23-12-6-5-11(9-13(12)21-2)10-14-16(20)18(17(24)25-14)8-7-15(19)22-3/h5-6,9-10H,4,7-8H2,1-3H3/b14-10-. The van der Waals surface area contributed by atoms with E-state index >= 15 is 0 Å². The zero-order valence-electron chi connectivity index (χ0n) is 14.2. The van der Waals surface area contributed by atoms with Crippen LogP contribution < -0.4 is 9.47 Å². The minimum Gasteiger partial charge on any atom is -0.493 e. The molecule has 134 valence electrons. The fraction of sp³-hybridized carbons (Fsp3) is 0.353. The van der Waals surface area contributed by atoms with Crippen LogP contribution in [0.15, 0.2) is 23.1 Å². The highest BCUT2D eigenvalue weighted by Crippen LogP contribution is 2.34. The van der Waals surface area contributed by atoms with Crippen LogP contribution in [-0.2, 0) is 14.3 Å². The Morgan fingerprint density at radius 3 is 2.72 bits per heavy atom. The third-order valence-electron chi connectivity index (χ3n) is 3.43. The summed E-state index contributed by atoms with van der Waals surface area (Å²) >= 11 is 6.44. The van der Waals surface area contributed by atoms with Crippen molar-refractivity contribution in [2.75, 3.05) is 27.4 Å². The number of thioether (sulfide) groups is 1. The maximum absolute atomic E-state index is 12.5. The van der Waals surface area contributed by atoms with E-state index in [2.05, 4.69) is 4.74 Å². The second-order valence-corrected chi connectivity index (χ2v) is 6.68. The number of thiocarbonyl (C=S) groups is 1. The van der Waals surface area contributed by atoms with E-state index in [4.69, 9.17) is 21.7 Å². The van der Waals surface area contributed by atoms with Gasteiger partial charge >= 0.3 is 5.97 Å². The van der Waals surface area contributed by atoms with Crippen LogP contribution in [0.3, 0.4) is 0 Å². The van der Waals surface area contributed by atoms with Gasteiger partial charge in [-0.15, -0.1) is 0 Å². The summed E-state index contributed by atoms with van der Waals surface area (Å²) < 4.78 is 15.8. The lowest BCUT2D eigenvalue weighted by Gasteiger charge is -2.13. The number of carbonyl (C=O) groups excluding carboxylic acids is 2. The number of methoxy groups -OCH3 is 2. The predicted octanol–water partition coefficient (Wildman–Crippen LogP) is 2.86. The number of esters is 1. The second kappa shape index (κ2) is 8.87. The zero-order valence-corrected chi connectivity index (χ0v) is 15.9. The predicted molar refractivity (Wildman–Crippen MR) is 101 cm³/mol. The van der Waals surface area contributed by atoms with Crippen LogP contribution in [0.5, 0.6) is 11.5 Å². The summed E-state index contributed by atoms with van der Waals surface area (Å²) in [6, 6.07) is 5.44. The van der Waals surface area contributed by atoms with Crippen molar-refractivity contribution in [2.24, 2.45) is 0 Å². The number of amides is 1. The Balaban J connectivity index is 2.17. The van der Waals surface area contributed by atoms with Gasteiger partial charge in [0, 0.05) is 6.54 Å². The van der Waals surface area contributed by atoms with Gasteiger partial charge in [0.05, 0.1) is 32.2 Å². The van der Waals surface area contributed by atoms with Gasteiger partial charge in [-0.1, -0.05) is 30.0 Å². The van der Waals surface area contributed by atoms with Gasteiger partial charge in [0.15, 0.2) is 11.5 Å². The first-order valence-corrected chi connectivity index (χ1v) is 8.85. The van der Waals surface area contributed by atoms with E-state index in [9.17, 15) is 9.59 Å². The van der Waals surface area contributed by atoms with Gasteiger partial charge in [0.1, 0.15) is 4.32 Å². The summed E-state index contributed by atoms with van der Waals surface area (Å²) in [5, 5.41) is 0. The Hall–Kier alpha value is -2.06. The molecule has 0 radical (unpaired) electrons. The second-order valence-electron chi connectivity index (χ2n) is 5.00.